The van der Waals surface area contributed by atoms with Gasteiger partial charge in [-0.25, -0.2) is 4.98 Å². The molecule has 0 saturated carbocycles. The van der Waals surface area contributed by atoms with Gasteiger partial charge >= 0.3 is 0 Å². The highest BCUT2D eigenvalue weighted by Crippen LogP contribution is 2.30. The second kappa shape index (κ2) is 7.57. The van der Waals surface area contributed by atoms with Crippen LogP contribution in [0.25, 0.3) is 0 Å². The Hall–Kier alpha value is -0.910. The molecule has 3 rings (SSSR count). The molecule has 1 N–H and O–H groups in total. The molecule has 5 heteroatoms. The van der Waals surface area contributed by atoms with E-state index in [1.807, 2.05) is 6.20 Å². The first-order valence-electron chi connectivity index (χ1n) is 8.81. The zero-order valence-electron chi connectivity index (χ0n) is 14.0. The first kappa shape index (κ1) is 16.0. The molecule has 0 radical (unpaired) electrons. The fourth-order valence-electron chi connectivity index (χ4n) is 3.82. The topological polar surface area (TPSA) is 42.3 Å². The number of hydrogen-bond acceptors (Lipinski definition) is 4. The fraction of sp³-hybridized carbons (Fsp3) is 0.824. The fourth-order valence-corrected chi connectivity index (χ4v) is 3.82. The molecule has 1 aromatic rings. The maximum atomic E-state index is 5.55. The average Bonchev–Trinajstić information content (AvgIpc) is 3.00. The summed E-state index contributed by atoms with van der Waals surface area (Å²) in [6.45, 7) is 7.65. The van der Waals surface area contributed by atoms with E-state index < -0.39 is 0 Å². The van der Waals surface area contributed by atoms with Crippen molar-refractivity contribution in [3.63, 3.8) is 0 Å². The van der Waals surface area contributed by atoms with Gasteiger partial charge in [0.2, 0.25) is 0 Å². The van der Waals surface area contributed by atoms with E-state index in [0.29, 0.717) is 18.0 Å². The van der Waals surface area contributed by atoms with Gasteiger partial charge in [-0.1, -0.05) is 6.92 Å². The largest absolute Gasteiger partial charge is 0.381 e. The molecular formula is C17H30N4O. The van der Waals surface area contributed by atoms with E-state index in [1.54, 1.807) is 0 Å². The number of ether oxygens (including phenoxy) is 1. The normalized spacial score (nSPS) is 23.7. The van der Waals surface area contributed by atoms with Crippen molar-refractivity contribution < 1.29 is 4.74 Å². The summed E-state index contributed by atoms with van der Waals surface area (Å²) in [6, 6.07) is 0.981. The highest BCUT2D eigenvalue weighted by molar-refractivity contribution is 5.03. The van der Waals surface area contributed by atoms with E-state index in [-0.39, 0.29) is 0 Å². The third-order valence-corrected chi connectivity index (χ3v) is 5.32. The lowest BCUT2D eigenvalue weighted by Crippen LogP contribution is -2.46. The minimum atomic E-state index is 0.363. The van der Waals surface area contributed by atoms with Crippen molar-refractivity contribution in [3.8, 4) is 0 Å². The van der Waals surface area contributed by atoms with Crippen LogP contribution in [0.2, 0.25) is 0 Å². The number of aromatic nitrogens is 2. The Morgan fingerprint density at radius 1 is 1.27 bits per heavy atom. The second-order valence-corrected chi connectivity index (χ2v) is 6.70. The molecule has 1 aromatic heterocycles. The van der Waals surface area contributed by atoms with Gasteiger partial charge in [-0.3, -0.25) is 0 Å². The Kier molecular flexibility index (Phi) is 5.50. The number of rotatable bonds is 5. The van der Waals surface area contributed by atoms with Crippen LogP contribution in [0.1, 0.15) is 44.5 Å². The molecular weight excluding hydrogens is 276 g/mol. The first-order valence-corrected chi connectivity index (χ1v) is 8.81. The zero-order chi connectivity index (χ0) is 15.4. The molecule has 1 atom stereocenters. The number of piperidine rings is 1. The average molecular weight is 306 g/mol. The lowest BCUT2D eigenvalue weighted by molar-refractivity contribution is 0.0481. The molecule has 2 fully saturated rings. The van der Waals surface area contributed by atoms with Crippen LogP contribution in [0, 0.1) is 5.92 Å². The molecule has 0 bridgehead atoms. The summed E-state index contributed by atoms with van der Waals surface area (Å²) < 4.78 is 7.73. The summed E-state index contributed by atoms with van der Waals surface area (Å²) in [6.07, 6.45) is 8.75. The Morgan fingerprint density at radius 2 is 2.00 bits per heavy atom. The minimum Gasteiger partial charge on any atom is -0.381 e. The molecule has 124 valence electrons. The van der Waals surface area contributed by atoms with Gasteiger partial charge in [0.1, 0.15) is 5.82 Å². The predicted octanol–water partition coefficient (Wildman–Crippen LogP) is 1.96. The summed E-state index contributed by atoms with van der Waals surface area (Å²) in [4.78, 5) is 7.18. The minimum absolute atomic E-state index is 0.363. The molecule has 0 unspecified atom stereocenters. The van der Waals surface area contributed by atoms with Crippen LogP contribution in [0.3, 0.4) is 0 Å². The molecule has 2 saturated heterocycles. The Bertz CT molecular complexity index is 447. The van der Waals surface area contributed by atoms with Crippen molar-refractivity contribution in [2.75, 3.05) is 32.8 Å². The van der Waals surface area contributed by atoms with Gasteiger partial charge in [-0.15, -0.1) is 0 Å². The predicted molar refractivity (Wildman–Crippen MR) is 87.8 cm³/mol. The highest BCUT2D eigenvalue weighted by atomic mass is 16.5. The summed E-state index contributed by atoms with van der Waals surface area (Å²) >= 11 is 0. The Morgan fingerprint density at radius 3 is 2.59 bits per heavy atom. The lowest BCUT2D eigenvalue weighted by Gasteiger charge is -2.37. The van der Waals surface area contributed by atoms with Gasteiger partial charge in [0.15, 0.2) is 0 Å². The number of likely N-dealkylation sites (tertiary alicyclic amines) is 1. The molecule has 0 amide bonds. The van der Waals surface area contributed by atoms with E-state index in [9.17, 15) is 0 Å². The van der Waals surface area contributed by atoms with E-state index in [2.05, 4.69) is 39.9 Å². The van der Waals surface area contributed by atoms with Crippen LogP contribution < -0.4 is 5.32 Å². The van der Waals surface area contributed by atoms with E-state index in [0.717, 1.165) is 26.1 Å². The molecule has 0 aliphatic carbocycles. The van der Waals surface area contributed by atoms with Crippen LogP contribution in [0.15, 0.2) is 12.4 Å². The smallest absolute Gasteiger partial charge is 0.125 e. The van der Waals surface area contributed by atoms with E-state index in [1.165, 1.54) is 38.3 Å². The lowest BCUT2D eigenvalue weighted by atomic mass is 9.89. The van der Waals surface area contributed by atoms with Gasteiger partial charge in [0, 0.05) is 38.7 Å². The van der Waals surface area contributed by atoms with Crippen LogP contribution >= 0.6 is 0 Å². The van der Waals surface area contributed by atoms with E-state index in [4.69, 9.17) is 4.74 Å². The van der Waals surface area contributed by atoms with E-state index >= 15 is 0 Å². The Balaban J connectivity index is 1.67. The number of nitrogens with one attached hydrogen (secondary N) is 1. The van der Waals surface area contributed by atoms with Crippen LogP contribution in [-0.4, -0.2) is 53.3 Å². The van der Waals surface area contributed by atoms with Crippen LogP contribution in [0.4, 0.5) is 0 Å². The molecule has 2 aliphatic heterocycles. The molecule has 3 heterocycles. The van der Waals surface area contributed by atoms with Gasteiger partial charge in [0.25, 0.3) is 0 Å². The number of nitrogens with zero attached hydrogens (tertiary/aromatic N) is 3. The highest BCUT2D eigenvalue weighted by Gasteiger charge is 2.31. The zero-order valence-corrected chi connectivity index (χ0v) is 14.0. The second-order valence-electron chi connectivity index (χ2n) is 6.70. The summed E-state index contributed by atoms with van der Waals surface area (Å²) in [7, 11) is 2.11. The third-order valence-electron chi connectivity index (χ3n) is 5.32. The molecule has 0 aromatic carbocycles. The number of hydrogen-bond donors (Lipinski definition) is 1. The molecule has 5 nitrogen and oxygen atoms in total. The third kappa shape index (κ3) is 3.70. The van der Waals surface area contributed by atoms with Crippen molar-refractivity contribution >= 4 is 0 Å². The monoisotopic (exact) mass is 306 g/mol. The quantitative estimate of drug-likeness (QED) is 0.903. The first-order chi connectivity index (χ1) is 10.8. The van der Waals surface area contributed by atoms with Crippen molar-refractivity contribution in [1.29, 1.82) is 0 Å². The van der Waals surface area contributed by atoms with Crippen molar-refractivity contribution in [2.24, 2.45) is 13.0 Å². The molecule has 2 aliphatic rings. The number of aryl methyl sites for hydroxylation is 1. The number of imidazole rings is 1. The van der Waals surface area contributed by atoms with Crippen LogP contribution in [-0.2, 0) is 11.8 Å². The summed E-state index contributed by atoms with van der Waals surface area (Å²) in [5.41, 5.74) is 0. The van der Waals surface area contributed by atoms with Crippen LogP contribution in [0.5, 0.6) is 0 Å². The Labute approximate surface area is 134 Å². The summed E-state index contributed by atoms with van der Waals surface area (Å²) in [5.74, 6) is 1.82. The molecule has 22 heavy (non-hydrogen) atoms. The SMILES string of the molecule is CCN1CCC(N[C@H](c2nccn2C)C2CCOCC2)CC1. The maximum absolute atomic E-state index is 5.55. The van der Waals surface area contributed by atoms with Gasteiger partial charge in [0.05, 0.1) is 6.04 Å². The van der Waals surface area contributed by atoms with Gasteiger partial charge in [-0.05, 0) is 51.2 Å². The van der Waals surface area contributed by atoms with Crippen molar-refractivity contribution in [1.82, 2.24) is 19.8 Å². The maximum Gasteiger partial charge on any atom is 0.125 e. The van der Waals surface area contributed by atoms with Crippen molar-refractivity contribution in [3.05, 3.63) is 18.2 Å². The standard InChI is InChI=1S/C17H30N4O/c1-3-21-9-4-15(5-10-21)19-16(14-6-12-22-13-7-14)17-18-8-11-20(17)2/h8,11,14-16,19H,3-7,9-10,12-13H2,1-2H3/t16-/m0/s1. The van der Waals surface area contributed by atoms with Gasteiger partial charge in [-0.2, -0.15) is 0 Å². The van der Waals surface area contributed by atoms with Gasteiger partial charge < -0.3 is 19.5 Å². The summed E-state index contributed by atoms with van der Waals surface area (Å²) in [5, 5.41) is 3.95. The van der Waals surface area contributed by atoms with Crippen molar-refractivity contribution in [2.45, 2.75) is 44.7 Å². The molecule has 0 spiro atoms.